The largest absolute Gasteiger partial charge is 0.779 e. The van der Waals surface area contributed by atoms with Gasteiger partial charge < -0.3 is 28.2 Å². The quantitative estimate of drug-likeness (QED) is 0.642. The van der Waals surface area contributed by atoms with Crippen LogP contribution in [0.2, 0.25) is 0 Å². The fourth-order valence-corrected chi connectivity index (χ4v) is 3.09. The van der Waals surface area contributed by atoms with E-state index in [4.69, 9.17) is 18.7 Å². The van der Waals surface area contributed by atoms with Gasteiger partial charge in [0.15, 0.2) is 0 Å². The van der Waals surface area contributed by atoms with Crippen molar-refractivity contribution in [1.29, 1.82) is 0 Å². The van der Waals surface area contributed by atoms with Crippen molar-refractivity contribution in [2.45, 2.75) is 37.6 Å². The highest BCUT2D eigenvalue weighted by Gasteiger charge is 2.49. The van der Waals surface area contributed by atoms with Crippen molar-refractivity contribution in [2.24, 2.45) is 0 Å². The van der Waals surface area contributed by atoms with Gasteiger partial charge in [-0.15, -0.1) is 0 Å². The van der Waals surface area contributed by atoms with Gasteiger partial charge in [-0.3, -0.25) is 0 Å². The number of rotatable bonds is 7. The molecule has 0 radical (unpaired) electrons. The highest BCUT2D eigenvalue weighted by Crippen LogP contribution is 2.44. The van der Waals surface area contributed by atoms with Gasteiger partial charge in [0.1, 0.15) is 13.2 Å². The highest BCUT2D eigenvalue weighted by molar-refractivity contribution is 7.50. The smallest absolute Gasteiger partial charge is 0.132 e. The molecular formula is C11H22O6P-. The van der Waals surface area contributed by atoms with E-state index in [1.165, 1.54) is 0 Å². The second kappa shape index (κ2) is 6.46. The second-order valence-electron chi connectivity index (χ2n) is 4.77. The molecule has 1 rings (SSSR count). The first-order valence-corrected chi connectivity index (χ1v) is 7.94. The molecule has 0 bridgehead atoms. The maximum Gasteiger partial charge on any atom is 0.132 e. The van der Waals surface area contributed by atoms with Crippen LogP contribution in [0.1, 0.15) is 19.8 Å². The van der Waals surface area contributed by atoms with E-state index in [9.17, 15) is 9.46 Å². The molecule has 7 heteroatoms. The topological polar surface area (TPSA) is 77.0 Å². The zero-order valence-corrected chi connectivity index (χ0v) is 12.3. The maximum atomic E-state index is 11.3. The fourth-order valence-electron chi connectivity index (χ4n) is 2.35. The summed E-state index contributed by atoms with van der Waals surface area (Å²) in [5.41, 5.74) is -0.750. The first-order chi connectivity index (χ1) is 8.33. The highest BCUT2D eigenvalue weighted by atomic mass is 31.2. The zero-order valence-electron chi connectivity index (χ0n) is 11.4. The summed E-state index contributed by atoms with van der Waals surface area (Å²) in [6.45, 7) is 3.71. The monoisotopic (exact) mass is 281 g/mol. The minimum absolute atomic E-state index is 0.0615. The predicted octanol–water partition coefficient (Wildman–Crippen LogP) is 0.785. The Morgan fingerprint density at radius 1 is 1.44 bits per heavy atom. The van der Waals surface area contributed by atoms with Crippen LogP contribution in [0.3, 0.4) is 0 Å². The van der Waals surface area contributed by atoms with Crippen LogP contribution < -0.4 is 4.89 Å². The molecule has 1 aliphatic rings. The summed E-state index contributed by atoms with van der Waals surface area (Å²) >= 11 is 0. The van der Waals surface area contributed by atoms with Crippen molar-refractivity contribution < 1.29 is 28.2 Å². The molecule has 6 nitrogen and oxygen atoms in total. The molecule has 1 fully saturated rings. The van der Waals surface area contributed by atoms with Gasteiger partial charge >= 0.3 is 0 Å². The lowest BCUT2D eigenvalue weighted by molar-refractivity contribution is -0.209. The Hall–Kier alpha value is 0.0300. The van der Waals surface area contributed by atoms with E-state index in [2.05, 4.69) is 0 Å². The Balaban J connectivity index is 2.84. The van der Waals surface area contributed by atoms with Crippen molar-refractivity contribution in [3.63, 3.8) is 0 Å². The Morgan fingerprint density at radius 3 is 2.61 bits per heavy atom. The van der Waals surface area contributed by atoms with E-state index in [0.717, 1.165) is 6.66 Å². The van der Waals surface area contributed by atoms with Crippen LogP contribution >= 0.6 is 7.60 Å². The number of methoxy groups -OCH3 is 2. The van der Waals surface area contributed by atoms with E-state index in [0.29, 0.717) is 19.4 Å². The standard InChI is InChI=1S/C11H23O6P/c1-9-7-10(17-18(4,12)13)11(16-9,8-15-3)5-6-14-2/h9-10H,5-8H2,1-4H3,(H,12,13)/p-1/t9-,10?,11+/m0/s1. The Bertz CT molecular complexity index is 304. The van der Waals surface area contributed by atoms with Gasteiger partial charge in [0.05, 0.1) is 18.8 Å². The molecule has 1 saturated heterocycles. The van der Waals surface area contributed by atoms with Crippen molar-refractivity contribution >= 4 is 7.60 Å². The van der Waals surface area contributed by atoms with E-state index < -0.39 is 19.3 Å². The third kappa shape index (κ3) is 4.30. The van der Waals surface area contributed by atoms with Crippen LogP contribution in [0, 0.1) is 0 Å². The van der Waals surface area contributed by atoms with Gasteiger partial charge in [0, 0.05) is 40.3 Å². The van der Waals surface area contributed by atoms with Crippen LogP contribution in [-0.2, 0) is 23.3 Å². The average molecular weight is 281 g/mol. The predicted molar refractivity (Wildman–Crippen MR) is 64.7 cm³/mol. The molecule has 1 heterocycles. The minimum Gasteiger partial charge on any atom is -0.779 e. The first-order valence-electron chi connectivity index (χ1n) is 5.95. The Labute approximate surface area is 108 Å². The molecule has 0 aromatic carbocycles. The molecule has 18 heavy (non-hydrogen) atoms. The maximum absolute atomic E-state index is 11.3. The lowest BCUT2D eigenvalue weighted by atomic mass is 9.94. The second-order valence-corrected chi connectivity index (χ2v) is 6.52. The molecule has 2 unspecified atom stereocenters. The van der Waals surface area contributed by atoms with E-state index in [1.54, 1.807) is 14.2 Å². The molecule has 0 amide bonds. The van der Waals surface area contributed by atoms with Crippen molar-refractivity contribution in [2.75, 3.05) is 34.1 Å². The van der Waals surface area contributed by atoms with Crippen LogP contribution in [0.5, 0.6) is 0 Å². The molecule has 0 spiro atoms. The molecular weight excluding hydrogens is 259 g/mol. The third-order valence-electron chi connectivity index (χ3n) is 3.01. The van der Waals surface area contributed by atoms with Gasteiger partial charge in [-0.25, -0.2) is 0 Å². The summed E-state index contributed by atoms with van der Waals surface area (Å²) in [5, 5.41) is 0. The lowest BCUT2D eigenvalue weighted by Gasteiger charge is -2.36. The van der Waals surface area contributed by atoms with Crippen molar-refractivity contribution in [3.05, 3.63) is 0 Å². The number of hydrogen-bond donors (Lipinski definition) is 0. The van der Waals surface area contributed by atoms with Crippen LogP contribution in [0.15, 0.2) is 0 Å². The van der Waals surface area contributed by atoms with Crippen LogP contribution in [0.25, 0.3) is 0 Å². The van der Waals surface area contributed by atoms with Gasteiger partial charge in [0.2, 0.25) is 0 Å². The summed E-state index contributed by atoms with van der Waals surface area (Å²) < 4.78 is 32.6. The Kier molecular flexibility index (Phi) is 5.77. The van der Waals surface area contributed by atoms with Gasteiger partial charge in [-0.1, -0.05) is 0 Å². The number of ether oxygens (including phenoxy) is 3. The van der Waals surface area contributed by atoms with E-state index in [1.807, 2.05) is 6.92 Å². The zero-order chi connectivity index (χ0) is 13.8. The summed E-state index contributed by atoms with van der Waals surface area (Å²) in [6, 6.07) is 0. The molecule has 0 N–H and O–H groups in total. The molecule has 0 aromatic heterocycles. The molecule has 4 atom stereocenters. The summed E-state index contributed by atoms with van der Waals surface area (Å²) in [6.07, 6.45) is 0.490. The SMILES string of the molecule is COCC[C@]1(COC)O[C@@H](C)CC1OP(C)(=O)[O-]. The summed E-state index contributed by atoms with van der Waals surface area (Å²) in [7, 11) is -0.657. The summed E-state index contributed by atoms with van der Waals surface area (Å²) in [5.74, 6) is 0. The van der Waals surface area contributed by atoms with Gasteiger partial charge in [-0.2, -0.15) is 0 Å². The van der Waals surface area contributed by atoms with E-state index >= 15 is 0 Å². The third-order valence-corrected chi connectivity index (χ3v) is 3.64. The van der Waals surface area contributed by atoms with E-state index in [-0.39, 0.29) is 12.7 Å². The van der Waals surface area contributed by atoms with Crippen LogP contribution in [0.4, 0.5) is 0 Å². The normalized spacial score (nSPS) is 35.6. The molecule has 0 aromatic rings. The van der Waals surface area contributed by atoms with Crippen molar-refractivity contribution in [3.8, 4) is 0 Å². The summed E-state index contributed by atoms with van der Waals surface area (Å²) in [4.78, 5) is 11.3. The van der Waals surface area contributed by atoms with Gasteiger partial charge in [0.25, 0.3) is 0 Å². The molecule has 0 saturated carbocycles. The average Bonchev–Trinajstić information content (AvgIpc) is 2.50. The van der Waals surface area contributed by atoms with Crippen molar-refractivity contribution in [1.82, 2.24) is 0 Å². The van der Waals surface area contributed by atoms with Gasteiger partial charge in [-0.05, 0) is 6.92 Å². The first kappa shape index (κ1) is 16.1. The molecule has 0 aliphatic carbocycles. The molecule has 1 aliphatic heterocycles. The Morgan fingerprint density at radius 2 is 2.11 bits per heavy atom. The molecule has 108 valence electrons. The fraction of sp³-hybridized carbons (Fsp3) is 1.00. The van der Waals surface area contributed by atoms with Crippen LogP contribution in [-0.4, -0.2) is 51.9 Å². The lowest BCUT2D eigenvalue weighted by Crippen LogP contribution is -2.46. The minimum atomic E-state index is -3.80. The number of hydrogen-bond acceptors (Lipinski definition) is 6.